The van der Waals surface area contributed by atoms with Crippen LogP contribution in [0.15, 0.2) is 12.3 Å². The van der Waals surface area contributed by atoms with Crippen LogP contribution < -0.4 is 5.73 Å². The minimum atomic E-state index is -0.185. The Hall–Kier alpha value is -1.33. The number of amides is 1. The summed E-state index contributed by atoms with van der Waals surface area (Å²) in [6.07, 6.45) is 4.45. The Morgan fingerprint density at radius 1 is 1.61 bits per heavy atom. The zero-order chi connectivity index (χ0) is 13.1. The molecule has 1 aromatic heterocycles. The summed E-state index contributed by atoms with van der Waals surface area (Å²) in [5, 5.41) is 9.30. The van der Waals surface area contributed by atoms with E-state index in [9.17, 15) is 4.79 Å². The van der Waals surface area contributed by atoms with Crippen LogP contribution >= 0.6 is 11.6 Å². The van der Waals surface area contributed by atoms with E-state index in [1.807, 2.05) is 0 Å². The van der Waals surface area contributed by atoms with Crippen LogP contribution in [-0.2, 0) is 0 Å². The van der Waals surface area contributed by atoms with Gasteiger partial charge in [-0.25, -0.2) is 4.98 Å². The van der Waals surface area contributed by atoms with Gasteiger partial charge in [0.25, 0.3) is 5.91 Å². The van der Waals surface area contributed by atoms with Gasteiger partial charge in [-0.3, -0.25) is 4.79 Å². The molecule has 1 amide bonds. The Morgan fingerprint density at radius 2 is 2.33 bits per heavy atom. The molecule has 0 spiro atoms. The van der Waals surface area contributed by atoms with Gasteiger partial charge in [-0.15, -0.1) is 0 Å². The number of hydrogen-bond acceptors (Lipinski definition) is 4. The average molecular weight is 270 g/mol. The van der Waals surface area contributed by atoms with Crippen molar-refractivity contribution in [2.45, 2.75) is 25.3 Å². The van der Waals surface area contributed by atoms with Gasteiger partial charge < -0.3 is 15.7 Å². The fraction of sp³-hybridized carbons (Fsp3) is 0.500. The first kappa shape index (κ1) is 13.1. The lowest BCUT2D eigenvalue weighted by molar-refractivity contribution is 0.0527. The number of rotatable bonds is 4. The number of hydrogen-bond donors (Lipinski definition) is 2. The van der Waals surface area contributed by atoms with E-state index < -0.39 is 0 Å². The summed E-state index contributed by atoms with van der Waals surface area (Å²) in [4.78, 5) is 17.9. The first-order valence-corrected chi connectivity index (χ1v) is 6.34. The van der Waals surface area contributed by atoms with E-state index in [1.54, 1.807) is 4.90 Å². The summed E-state index contributed by atoms with van der Waals surface area (Å²) >= 11 is 5.78. The monoisotopic (exact) mass is 269 g/mol. The van der Waals surface area contributed by atoms with Gasteiger partial charge in [0.1, 0.15) is 5.15 Å². The van der Waals surface area contributed by atoms with Gasteiger partial charge in [0.05, 0.1) is 24.1 Å². The van der Waals surface area contributed by atoms with Crippen molar-refractivity contribution in [1.29, 1.82) is 0 Å². The minimum Gasteiger partial charge on any atom is -0.397 e. The summed E-state index contributed by atoms with van der Waals surface area (Å²) in [7, 11) is 0. The van der Waals surface area contributed by atoms with Gasteiger partial charge in [-0.1, -0.05) is 11.6 Å². The number of nitrogens with zero attached hydrogens (tertiary/aromatic N) is 2. The second kappa shape index (κ2) is 5.54. The number of anilines is 1. The summed E-state index contributed by atoms with van der Waals surface area (Å²) in [6, 6.07) is 1.68. The van der Waals surface area contributed by atoms with Crippen molar-refractivity contribution in [2.75, 3.05) is 18.9 Å². The molecule has 1 heterocycles. The van der Waals surface area contributed by atoms with E-state index in [1.165, 1.54) is 12.3 Å². The van der Waals surface area contributed by atoms with Gasteiger partial charge in [-0.2, -0.15) is 0 Å². The van der Waals surface area contributed by atoms with Crippen molar-refractivity contribution in [3.63, 3.8) is 0 Å². The van der Waals surface area contributed by atoms with Crippen molar-refractivity contribution in [1.82, 2.24) is 9.88 Å². The minimum absolute atomic E-state index is 0.0546. The van der Waals surface area contributed by atoms with Crippen molar-refractivity contribution < 1.29 is 9.90 Å². The molecule has 0 atom stereocenters. The highest BCUT2D eigenvalue weighted by Crippen LogP contribution is 2.27. The molecule has 1 aromatic rings. The van der Waals surface area contributed by atoms with E-state index in [4.69, 9.17) is 22.4 Å². The first-order valence-electron chi connectivity index (χ1n) is 5.96. The van der Waals surface area contributed by atoms with E-state index in [0.29, 0.717) is 17.8 Å². The number of nitrogens with two attached hydrogens (primary N) is 1. The Bertz CT molecular complexity index is 449. The van der Waals surface area contributed by atoms with Crippen LogP contribution in [0.2, 0.25) is 5.15 Å². The van der Waals surface area contributed by atoms with Crippen LogP contribution in [0.5, 0.6) is 0 Å². The number of carbonyl (C=O) groups excluding carboxylic acids is 1. The maximum Gasteiger partial charge on any atom is 0.256 e. The molecular weight excluding hydrogens is 254 g/mol. The molecule has 18 heavy (non-hydrogen) atoms. The summed E-state index contributed by atoms with van der Waals surface area (Å²) in [5.41, 5.74) is 6.42. The molecule has 1 aliphatic carbocycles. The lowest BCUT2D eigenvalue weighted by atomic mass is 9.91. The van der Waals surface area contributed by atoms with E-state index in [-0.39, 0.29) is 23.7 Å². The highest BCUT2D eigenvalue weighted by molar-refractivity contribution is 6.29. The topological polar surface area (TPSA) is 79.5 Å². The van der Waals surface area contributed by atoms with E-state index in [0.717, 1.165) is 19.3 Å². The Kier molecular flexibility index (Phi) is 4.04. The Labute approximate surface area is 111 Å². The smallest absolute Gasteiger partial charge is 0.256 e. The predicted molar refractivity (Wildman–Crippen MR) is 69.4 cm³/mol. The molecule has 0 aromatic carbocycles. The van der Waals surface area contributed by atoms with Crippen molar-refractivity contribution in [3.05, 3.63) is 23.0 Å². The molecule has 1 aliphatic rings. The second-order valence-electron chi connectivity index (χ2n) is 4.40. The molecule has 0 aliphatic heterocycles. The van der Waals surface area contributed by atoms with Crippen molar-refractivity contribution in [2.24, 2.45) is 0 Å². The first-order chi connectivity index (χ1) is 8.63. The maximum atomic E-state index is 12.4. The SMILES string of the molecule is Nc1cnc(Cl)cc1C(=O)N(CCO)C1CCC1. The molecule has 1 fully saturated rings. The molecule has 0 unspecified atom stereocenters. The van der Waals surface area contributed by atoms with Crippen LogP contribution in [0.3, 0.4) is 0 Å². The summed E-state index contributed by atoms with van der Waals surface area (Å²) in [6.45, 7) is 0.268. The molecule has 98 valence electrons. The standard InChI is InChI=1S/C12H16ClN3O2/c13-11-6-9(10(14)7-15-11)12(18)16(4-5-17)8-2-1-3-8/h6-8,17H,1-5,14H2. The van der Waals surface area contributed by atoms with Crippen LogP contribution in [0.25, 0.3) is 0 Å². The van der Waals surface area contributed by atoms with Crippen LogP contribution in [0.1, 0.15) is 29.6 Å². The Balaban J connectivity index is 2.23. The molecule has 0 saturated heterocycles. The third-order valence-electron chi connectivity index (χ3n) is 3.25. The van der Waals surface area contributed by atoms with Crippen molar-refractivity contribution in [3.8, 4) is 0 Å². The number of pyridine rings is 1. The number of nitrogen functional groups attached to an aromatic ring is 1. The number of aliphatic hydroxyl groups is 1. The van der Waals surface area contributed by atoms with Gasteiger partial charge in [0.15, 0.2) is 0 Å². The third kappa shape index (κ3) is 2.57. The highest BCUT2D eigenvalue weighted by atomic mass is 35.5. The zero-order valence-corrected chi connectivity index (χ0v) is 10.7. The molecule has 6 heteroatoms. The highest BCUT2D eigenvalue weighted by Gasteiger charge is 2.29. The lowest BCUT2D eigenvalue weighted by Crippen LogP contribution is -2.45. The summed E-state index contributed by atoms with van der Waals surface area (Å²) < 4.78 is 0. The van der Waals surface area contributed by atoms with Gasteiger partial charge in [0.2, 0.25) is 0 Å². The van der Waals surface area contributed by atoms with Crippen LogP contribution in [0.4, 0.5) is 5.69 Å². The average Bonchev–Trinajstić information content (AvgIpc) is 2.28. The largest absolute Gasteiger partial charge is 0.397 e. The number of carbonyl (C=O) groups is 1. The van der Waals surface area contributed by atoms with Crippen molar-refractivity contribution >= 4 is 23.2 Å². The van der Waals surface area contributed by atoms with Gasteiger partial charge in [-0.05, 0) is 25.3 Å². The lowest BCUT2D eigenvalue weighted by Gasteiger charge is -2.37. The molecule has 5 nitrogen and oxygen atoms in total. The van der Waals surface area contributed by atoms with E-state index >= 15 is 0 Å². The Morgan fingerprint density at radius 3 is 2.89 bits per heavy atom. The quantitative estimate of drug-likeness (QED) is 0.808. The third-order valence-corrected chi connectivity index (χ3v) is 3.46. The van der Waals surface area contributed by atoms with E-state index in [2.05, 4.69) is 4.98 Å². The molecule has 1 saturated carbocycles. The molecule has 0 radical (unpaired) electrons. The zero-order valence-electron chi connectivity index (χ0n) is 9.97. The number of halogens is 1. The molecule has 0 bridgehead atoms. The number of aliphatic hydroxyl groups excluding tert-OH is 1. The predicted octanol–water partition coefficient (Wildman–Crippen LogP) is 1.30. The fourth-order valence-corrected chi connectivity index (χ4v) is 2.19. The van der Waals surface area contributed by atoms with Gasteiger partial charge >= 0.3 is 0 Å². The van der Waals surface area contributed by atoms with Gasteiger partial charge in [0, 0.05) is 12.6 Å². The molecule has 3 N–H and O–H groups in total. The van der Waals surface area contributed by atoms with Crippen LogP contribution in [-0.4, -0.2) is 40.1 Å². The van der Waals surface area contributed by atoms with Crippen LogP contribution in [0, 0.1) is 0 Å². The molecule has 2 rings (SSSR count). The normalized spacial score (nSPS) is 15.2. The number of aromatic nitrogens is 1. The second-order valence-corrected chi connectivity index (χ2v) is 4.79. The fourth-order valence-electron chi connectivity index (χ4n) is 2.04. The maximum absolute atomic E-state index is 12.4. The summed E-state index contributed by atoms with van der Waals surface area (Å²) in [5.74, 6) is -0.185. The molecular formula is C12H16ClN3O2.